The largest absolute Gasteiger partial charge is 0.463 e. The number of carbonyl (C=O) groups is 2. The van der Waals surface area contributed by atoms with Crippen LogP contribution in [0.5, 0.6) is 0 Å². The topological polar surface area (TPSA) is 52.6 Å². The second-order valence-electron chi connectivity index (χ2n) is 4.03. The molecular weight excluding hydrogens is 184 g/mol. The van der Waals surface area contributed by atoms with E-state index in [4.69, 9.17) is 4.74 Å². The first-order valence-electron chi connectivity index (χ1n) is 4.30. The Bertz CT molecular complexity index is 225. The van der Waals surface area contributed by atoms with Crippen molar-refractivity contribution in [3.8, 4) is 0 Å². The molecule has 0 atom stereocenters. The summed E-state index contributed by atoms with van der Waals surface area (Å²) in [5.74, 6) is -1.17. The first kappa shape index (κ1) is 12.7. The van der Waals surface area contributed by atoms with Gasteiger partial charge in [-0.15, -0.1) is 0 Å². The van der Waals surface area contributed by atoms with Crippen LogP contribution in [0.3, 0.4) is 0 Å². The molecule has 0 unspecified atom stereocenters. The summed E-state index contributed by atoms with van der Waals surface area (Å²) >= 11 is 0. The molecule has 0 heterocycles. The highest BCUT2D eigenvalue weighted by Crippen LogP contribution is 2.12. The lowest BCUT2D eigenvalue weighted by atomic mass is 9.99. The molecule has 0 spiro atoms. The van der Waals surface area contributed by atoms with Gasteiger partial charge < -0.3 is 9.47 Å². The molecular formula is C10H16O4. The Morgan fingerprint density at radius 2 is 1.86 bits per heavy atom. The van der Waals surface area contributed by atoms with Crippen molar-refractivity contribution in [1.29, 1.82) is 0 Å². The van der Waals surface area contributed by atoms with Crippen LogP contribution >= 0.6 is 0 Å². The molecule has 0 N–H and O–H groups in total. The molecule has 0 saturated carbocycles. The number of carbonyl (C=O) groups excluding carboxylic acids is 2. The van der Waals surface area contributed by atoms with Crippen molar-refractivity contribution in [2.45, 2.75) is 20.8 Å². The Morgan fingerprint density at radius 1 is 1.29 bits per heavy atom. The van der Waals surface area contributed by atoms with Crippen molar-refractivity contribution in [1.82, 2.24) is 0 Å². The van der Waals surface area contributed by atoms with E-state index in [1.807, 2.05) is 20.8 Å². The Hall–Kier alpha value is -1.32. The van der Waals surface area contributed by atoms with Crippen molar-refractivity contribution in [2.24, 2.45) is 5.41 Å². The van der Waals surface area contributed by atoms with Crippen molar-refractivity contribution in [2.75, 3.05) is 13.2 Å². The quantitative estimate of drug-likeness (QED) is 0.507. The van der Waals surface area contributed by atoms with Gasteiger partial charge in [0.15, 0.2) is 6.61 Å². The fraction of sp³-hybridized carbons (Fsp3) is 0.600. The average molecular weight is 200 g/mol. The molecule has 4 nitrogen and oxygen atoms in total. The van der Waals surface area contributed by atoms with Crippen LogP contribution in [0.1, 0.15) is 20.8 Å². The summed E-state index contributed by atoms with van der Waals surface area (Å²) in [6.45, 7) is 8.96. The normalized spacial score (nSPS) is 10.5. The van der Waals surface area contributed by atoms with Gasteiger partial charge in [0.25, 0.3) is 0 Å². The molecule has 0 saturated heterocycles. The van der Waals surface area contributed by atoms with Crippen molar-refractivity contribution in [3.63, 3.8) is 0 Å². The SMILES string of the molecule is C=CC(=O)OCC(=O)OCC(C)(C)C. The lowest BCUT2D eigenvalue weighted by Crippen LogP contribution is -2.22. The van der Waals surface area contributed by atoms with E-state index in [2.05, 4.69) is 11.3 Å². The highest BCUT2D eigenvalue weighted by molar-refractivity contribution is 5.83. The summed E-state index contributed by atoms with van der Waals surface area (Å²) in [5, 5.41) is 0. The molecule has 0 aliphatic carbocycles. The lowest BCUT2D eigenvalue weighted by molar-refractivity contribution is -0.158. The van der Waals surface area contributed by atoms with Crippen molar-refractivity contribution in [3.05, 3.63) is 12.7 Å². The van der Waals surface area contributed by atoms with Crippen molar-refractivity contribution < 1.29 is 19.1 Å². The Morgan fingerprint density at radius 3 is 2.29 bits per heavy atom. The van der Waals surface area contributed by atoms with Crippen LogP contribution in [0.15, 0.2) is 12.7 Å². The predicted molar refractivity (Wildman–Crippen MR) is 51.6 cm³/mol. The Balaban J connectivity index is 3.67. The minimum Gasteiger partial charge on any atom is -0.463 e. The minimum atomic E-state index is -0.627. The van der Waals surface area contributed by atoms with Crippen LogP contribution in [0.4, 0.5) is 0 Å². The van der Waals surface area contributed by atoms with Gasteiger partial charge in [0.05, 0.1) is 6.61 Å². The molecule has 0 aromatic rings. The van der Waals surface area contributed by atoms with E-state index in [9.17, 15) is 9.59 Å². The van der Waals surface area contributed by atoms with E-state index >= 15 is 0 Å². The number of ether oxygens (including phenoxy) is 2. The summed E-state index contributed by atoms with van der Waals surface area (Å²) in [7, 11) is 0. The summed E-state index contributed by atoms with van der Waals surface area (Å²) in [4.78, 5) is 21.5. The van der Waals surface area contributed by atoms with Crippen LogP contribution in [-0.2, 0) is 19.1 Å². The van der Waals surface area contributed by atoms with Crippen molar-refractivity contribution >= 4 is 11.9 Å². The first-order chi connectivity index (χ1) is 6.35. The zero-order valence-corrected chi connectivity index (χ0v) is 8.83. The Labute approximate surface area is 83.9 Å². The molecule has 0 bridgehead atoms. The maximum absolute atomic E-state index is 11.0. The zero-order chi connectivity index (χ0) is 11.2. The Kier molecular flexibility index (Phi) is 4.91. The van der Waals surface area contributed by atoms with Crippen LogP contribution in [-0.4, -0.2) is 25.2 Å². The van der Waals surface area contributed by atoms with E-state index < -0.39 is 11.9 Å². The molecule has 0 radical (unpaired) electrons. The zero-order valence-electron chi connectivity index (χ0n) is 8.83. The molecule has 0 aromatic heterocycles. The third-order valence-corrected chi connectivity index (χ3v) is 1.17. The van der Waals surface area contributed by atoms with Crippen LogP contribution in [0.2, 0.25) is 0 Å². The van der Waals surface area contributed by atoms with Gasteiger partial charge in [0.2, 0.25) is 0 Å². The number of esters is 2. The molecule has 0 aliphatic rings. The van der Waals surface area contributed by atoms with Crippen LogP contribution in [0, 0.1) is 5.41 Å². The van der Waals surface area contributed by atoms with Crippen LogP contribution in [0.25, 0.3) is 0 Å². The van der Waals surface area contributed by atoms with Gasteiger partial charge in [-0.25, -0.2) is 9.59 Å². The number of hydrogen-bond donors (Lipinski definition) is 0. The van der Waals surface area contributed by atoms with Gasteiger partial charge in [-0.2, -0.15) is 0 Å². The highest BCUT2D eigenvalue weighted by Gasteiger charge is 2.14. The minimum absolute atomic E-state index is 0.0852. The van der Waals surface area contributed by atoms with E-state index in [0.717, 1.165) is 6.08 Å². The second kappa shape index (κ2) is 5.42. The van der Waals surface area contributed by atoms with Gasteiger partial charge in [-0.3, -0.25) is 0 Å². The molecule has 0 aliphatic heterocycles. The summed E-state index contributed by atoms with van der Waals surface area (Å²) in [6, 6.07) is 0. The average Bonchev–Trinajstić information content (AvgIpc) is 2.09. The third-order valence-electron chi connectivity index (χ3n) is 1.17. The molecule has 80 valence electrons. The van der Waals surface area contributed by atoms with E-state index in [-0.39, 0.29) is 12.0 Å². The smallest absolute Gasteiger partial charge is 0.344 e. The van der Waals surface area contributed by atoms with Gasteiger partial charge in [0.1, 0.15) is 0 Å². The highest BCUT2D eigenvalue weighted by atomic mass is 16.6. The standard InChI is InChI=1S/C10H16O4/c1-5-8(11)13-6-9(12)14-7-10(2,3)4/h5H,1,6-7H2,2-4H3. The molecule has 0 rings (SSSR count). The molecule has 0 fully saturated rings. The fourth-order valence-electron chi connectivity index (χ4n) is 0.528. The van der Waals surface area contributed by atoms with E-state index in [0.29, 0.717) is 6.61 Å². The second-order valence-corrected chi connectivity index (χ2v) is 4.03. The first-order valence-corrected chi connectivity index (χ1v) is 4.30. The van der Waals surface area contributed by atoms with E-state index in [1.54, 1.807) is 0 Å². The van der Waals surface area contributed by atoms with Gasteiger partial charge in [-0.05, 0) is 5.41 Å². The third kappa shape index (κ3) is 7.34. The summed E-state index contributed by atoms with van der Waals surface area (Å²) < 4.78 is 9.34. The summed E-state index contributed by atoms with van der Waals surface area (Å²) in [6.07, 6.45) is 0.997. The summed E-state index contributed by atoms with van der Waals surface area (Å²) in [5.41, 5.74) is -0.0852. The number of rotatable bonds is 4. The lowest BCUT2D eigenvalue weighted by Gasteiger charge is -2.17. The molecule has 4 heteroatoms. The fourth-order valence-corrected chi connectivity index (χ4v) is 0.528. The number of hydrogen-bond acceptors (Lipinski definition) is 4. The molecule has 14 heavy (non-hydrogen) atoms. The van der Waals surface area contributed by atoms with Gasteiger partial charge in [-0.1, -0.05) is 27.4 Å². The maximum atomic E-state index is 11.0. The van der Waals surface area contributed by atoms with Gasteiger partial charge >= 0.3 is 11.9 Å². The maximum Gasteiger partial charge on any atom is 0.344 e. The molecule has 0 amide bonds. The van der Waals surface area contributed by atoms with Crippen LogP contribution < -0.4 is 0 Å². The van der Waals surface area contributed by atoms with E-state index in [1.165, 1.54) is 0 Å². The molecule has 0 aromatic carbocycles. The predicted octanol–water partition coefficient (Wildman–Crippen LogP) is 1.30. The monoisotopic (exact) mass is 200 g/mol. The van der Waals surface area contributed by atoms with Gasteiger partial charge in [0, 0.05) is 6.08 Å².